The van der Waals surface area contributed by atoms with E-state index in [9.17, 15) is 0 Å². The third-order valence-electron chi connectivity index (χ3n) is 4.02. The highest BCUT2D eigenvalue weighted by molar-refractivity contribution is 7.98. The lowest BCUT2D eigenvalue weighted by molar-refractivity contribution is 1.36. The van der Waals surface area contributed by atoms with Crippen LogP contribution in [-0.2, 0) is 0 Å². The first-order chi connectivity index (χ1) is 10.8. The molecule has 0 radical (unpaired) electrons. The van der Waals surface area contributed by atoms with Gasteiger partial charge in [0.05, 0.1) is 0 Å². The Balaban J connectivity index is 1.84. The number of nitrogens with zero attached hydrogens (tertiary/aromatic N) is 1. The van der Waals surface area contributed by atoms with Crippen molar-refractivity contribution in [2.24, 2.45) is 0 Å². The molecule has 22 heavy (non-hydrogen) atoms. The normalized spacial score (nSPS) is 11.1. The van der Waals surface area contributed by atoms with Gasteiger partial charge in [0.1, 0.15) is 0 Å². The zero-order valence-electron chi connectivity index (χ0n) is 12.3. The van der Waals surface area contributed by atoms with E-state index in [0.717, 1.165) is 0 Å². The fraction of sp³-hybridized carbons (Fsp3) is 0.0500. The average molecular weight is 301 g/mol. The first-order valence-corrected chi connectivity index (χ1v) is 8.48. The topological polar surface area (TPSA) is 12.9 Å². The number of rotatable bonds is 2. The molecule has 0 spiro atoms. The maximum absolute atomic E-state index is 4.17. The van der Waals surface area contributed by atoms with Crippen LogP contribution in [-0.4, -0.2) is 11.2 Å². The Labute approximate surface area is 134 Å². The standard InChI is InChI=1S/C20H15NS/c1-22-20-7-6-16-10-14(2-3-17(16)12-20)15-4-5-19-13-21-9-8-18(19)11-15/h2-13H,1H3. The average Bonchev–Trinajstić information content (AvgIpc) is 2.60. The maximum Gasteiger partial charge on any atom is 0.0346 e. The number of benzene rings is 3. The molecule has 3 aromatic carbocycles. The number of fused-ring (bicyclic) bond motifs is 2. The van der Waals surface area contributed by atoms with E-state index in [0.29, 0.717) is 0 Å². The quantitative estimate of drug-likeness (QED) is 0.435. The number of aromatic nitrogens is 1. The molecule has 0 atom stereocenters. The largest absolute Gasteiger partial charge is 0.264 e. The lowest BCUT2D eigenvalue weighted by Gasteiger charge is -2.07. The molecule has 0 aliphatic carbocycles. The molecule has 0 amide bonds. The molecule has 106 valence electrons. The molecule has 0 saturated heterocycles. The van der Waals surface area contributed by atoms with Crippen molar-refractivity contribution >= 4 is 33.3 Å². The summed E-state index contributed by atoms with van der Waals surface area (Å²) in [6, 6.07) is 21.9. The molecule has 4 aromatic rings. The molecule has 4 rings (SSSR count). The molecule has 1 heterocycles. The van der Waals surface area contributed by atoms with Crippen molar-refractivity contribution < 1.29 is 0 Å². The second-order valence-electron chi connectivity index (χ2n) is 5.37. The van der Waals surface area contributed by atoms with Crippen molar-refractivity contribution in [3.63, 3.8) is 0 Å². The highest BCUT2D eigenvalue weighted by Gasteiger charge is 2.02. The van der Waals surface area contributed by atoms with Gasteiger partial charge in [0.15, 0.2) is 0 Å². The number of thioether (sulfide) groups is 1. The van der Waals surface area contributed by atoms with Gasteiger partial charge in [-0.3, -0.25) is 4.98 Å². The van der Waals surface area contributed by atoms with Crippen molar-refractivity contribution in [3.8, 4) is 11.1 Å². The molecule has 2 heteroatoms. The minimum Gasteiger partial charge on any atom is -0.264 e. The van der Waals surface area contributed by atoms with Crippen molar-refractivity contribution in [2.45, 2.75) is 4.90 Å². The van der Waals surface area contributed by atoms with Gasteiger partial charge in [-0.1, -0.05) is 30.3 Å². The summed E-state index contributed by atoms with van der Waals surface area (Å²) in [7, 11) is 0. The van der Waals surface area contributed by atoms with E-state index in [1.807, 2.05) is 12.4 Å². The second-order valence-corrected chi connectivity index (χ2v) is 6.25. The van der Waals surface area contributed by atoms with Gasteiger partial charge in [-0.15, -0.1) is 11.8 Å². The van der Waals surface area contributed by atoms with Crippen LogP contribution in [0.3, 0.4) is 0 Å². The van der Waals surface area contributed by atoms with Crippen LogP contribution in [0.5, 0.6) is 0 Å². The Morgan fingerprint density at radius 2 is 1.32 bits per heavy atom. The van der Waals surface area contributed by atoms with Crippen molar-refractivity contribution in [2.75, 3.05) is 6.26 Å². The lowest BCUT2D eigenvalue weighted by atomic mass is 9.99. The van der Waals surface area contributed by atoms with Gasteiger partial charge >= 0.3 is 0 Å². The fourth-order valence-corrected chi connectivity index (χ4v) is 3.24. The van der Waals surface area contributed by atoms with Gasteiger partial charge in [0.2, 0.25) is 0 Å². The van der Waals surface area contributed by atoms with Crippen molar-refractivity contribution in [3.05, 3.63) is 73.1 Å². The summed E-state index contributed by atoms with van der Waals surface area (Å²) in [6.45, 7) is 0. The van der Waals surface area contributed by atoms with Crippen LogP contribution in [0.4, 0.5) is 0 Å². The van der Waals surface area contributed by atoms with E-state index in [4.69, 9.17) is 0 Å². The van der Waals surface area contributed by atoms with Crippen molar-refractivity contribution in [1.82, 2.24) is 4.98 Å². The Hall–Kier alpha value is -2.32. The molecule has 0 saturated carbocycles. The SMILES string of the molecule is CSc1ccc2cc(-c3ccc4cnccc4c3)ccc2c1. The minimum absolute atomic E-state index is 1.18. The minimum atomic E-state index is 1.18. The van der Waals surface area contributed by atoms with E-state index >= 15 is 0 Å². The maximum atomic E-state index is 4.17. The predicted octanol–water partition coefficient (Wildman–Crippen LogP) is 5.78. The summed E-state index contributed by atoms with van der Waals surface area (Å²) in [4.78, 5) is 5.47. The molecule has 0 aliphatic heterocycles. The van der Waals surface area contributed by atoms with Gasteiger partial charge in [0.25, 0.3) is 0 Å². The first kappa shape index (κ1) is 13.4. The highest BCUT2D eigenvalue weighted by Crippen LogP contribution is 2.29. The third-order valence-corrected chi connectivity index (χ3v) is 4.75. The smallest absolute Gasteiger partial charge is 0.0346 e. The molecular formula is C20H15NS. The Kier molecular flexibility index (Phi) is 3.32. The van der Waals surface area contributed by atoms with E-state index in [1.165, 1.54) is 37.6 Å². The molecule has 0 bridgehead atoms. The zero-order chi connectivity index (χ0) is 14.9. The van der Waals surface area contributed by atoms with Crippen molar-refractivity contribution in [1.29, 1.82) is 0 Å². The fourth-order valence-electron chi connectivity index (χ4n) is 2.79. The summed E-state index contributed by atoms with van der Waals surface area (Å²) < 4.78 is 0. The van der Waals surface area contributed by atoms with Crippen LogP contribution in [0.2, 0.25) is 0 Å². The summed E-state index contributed by atoms with van der Waals surface area (Å²) in [5, 5.41) is 4.98. The number of hydrogen-bond donors (Lipinski definition) is 0. The van der Waals surface area contributed by atoms with Crippen LogP contribution in [0.25, 0.3) is 32.7 Å². The Bertz CT molecular complexity index is 975. The number of pyridine rings is 1. The van der Waals surface area contributed by atoms with Crippen LogP contribution in [0.1, 0.15) is 0 Å². The van der Waals surface area contributed by atoms with Gasteiger partial charge < -0.3 is 0 Å². The van der Waals surface area contributed by atoms with E-state index < -0.39 is 0 Å². The van der Waals surface area contributed by atoms with Crippen LogP contribution >= 0.6 is 11.8 Å². The predicted molar refractivity (Wildman–Crippen MR) is 96.5 cm³/mol. The summed E-state index contributed by atoms with van der Waals surface area (Å²) in [5.74, 6) is 0. The molecule has 0 fully saturated rings. The molecule has 0 N–H and O–H groups in total. The molecular weight excluding hydrogens is 286 g/mol. The highest BCUT2D eigenvalue weighted by atomic mass is 32.2. The zero-order valence-corrected chi connectivity index (χ0v) is 13.1. The van der Waals surface area contributed by atoms with Gasteiger partial charge in [-0.2, -0.15) is 0 Å². The van der Waals surface area contributed by atoms with Gasteiger partial charge in [-0.05, 0) is 63.9 Å². The Morgan fingerprint density at radius 3 is 2.09 bits per heavy atom. The van der Waals surface area contributed by atoms with Gasteiger partial charge in [0, 0.05) is 22.7 Å². The van der Waals surface area contributed by atoms with E-state index in [-0.39, 0.29) is 0 Å². The second kappa shape index (κ2) is 5.47. The van der Waals surface area contributed by atoms with Crippen LogP contribution in [0.15, 0.2) is 78.0 Å². The third kappa shape index (κ3) is 2.36. The Morgan fingerprint density at radius 1 is 0.682 bits per heavy atom. The molecule has 0 aliphatic rings. The molecule has 1 aromatic heterocycles. The molecule has 1 nitrogen and oxygen atoms in total. The first-order valence-electron chi connectivity index (χ1n) is 7.25. The molecule has 0 unspecified atom stereocenters. The van der Waals surface area contributed by atoms with Gasteiger partial charge in [-0.25, -0.2) is 0 Å². The van der Waals surface area contributed by atoms with E-state index in [2.05, 4.69) is 71.9 Å². The summed E-state index contributed by atoms with van der Waals surface area (Å²) >= 11 is 1.78. The summed E-state index contributed by atoms with van der Waals surface area (Å²) in [6.07, 6.45) is 5.86. The monoisotopic (exact) mass is 301 g/mol. The summed E-state index contributed by atoms with van der Waals surface area (Å²) in [5.41, 5.74) is 2.50. The van der Waals surface area contributed by atoms with Crippen LogP contribution in [0, 0.1) is 0 Å². The lowest BCUT2D eigenvalue weighted by Crippen LogP contribution is -1.81. The number of hydrogen-bond acceptors (Lipinski definition) is 2. The van der Waals surface area contributed by atoms with E-state index in [1.54, 1.807) is 11.8 Å². The van der Waals surface area contributed by atoms with Crippen LogP contribution < -0.4 is 0 Å².